The zero-order valence-corrected chi connectivity index (χ0v) is 10.7. The molecule has 0 bridgehead atoms. The van der Waals surface area contributed by atoms with Crippen molar-refractivity contribution in [2.24, 2.45) is 11.8 Å². The van der Waals surface area contributed by atoms with Gasteiger partial charge in [-0.05, 0) is 31.6 Å². The van der Waals surface area contributed by atoms with Gasteiger partial charge in [0.25, 0.3) is 0 Å². The van der Waals surface area contributed by atoms with Crippen LogP contribution < -0.4 is 0 Å². The molecule has 0 aliphatic heterocycles. The first kappa shape index (κ1) is 13.8. The van der Waals surface area contributed by atoms with Crippen LogP contribution in [0.2, 0.25) is 0 Å². The molecular formula is C12H16F3NOS. The van der Waals surface area contributed by atoms with Crippen LogP contribution in [0, 0.1) is 11.8 Å². The number of halogens is 3. The summed E-state index contributed by atoms with van der Waals surface area (Å²) in [4.78, 5) is 4.91. The second-order valence-electron chi connectivity index (χ2n) is 4.89. The molecule has 0 amide bonds. The first-order chi connectivity index (χ1) is 8.47. The lowest BCUT2D eigenvalue weighted by atomic mass is 9.78. The van der Waals surface area contributed by atoms with E-state index < -0.39 is 18.2 Å². The highest BCUT2D eigenvalue weighted by molar-refractivity contribution is 7.09. The Morgan fingerprint density at radius 3 is 2.50 bits per heavy atom. The fraction of sp³-hybridized carbons (Fsp3) is 0.750. The lowest BCUT2D eigenvalue weighted by Gasteiger charge is -2.32. The van der Waals surface area contributed by atoms with Crippen LogP contribution >= 0.6 is 11.3 Å². The molecule has 102 valence electrons. The molecule has 1 aliphatic carbocycles. The zero-order valence-electron chi connectivity index (χ0n) is 9.86. The third-order valence-electron chi connectivity index (χ3n) is 3.67. The van der Waals surface area contributed by atoms with Gasteiger partial charge in [0, 0.05) is 17.5 Å². The second kappa shape index (κ2) is 5.57. The van der Waals surface area contributed by atoms with Crippen LogP contribution in [0.4, 0.5) is 13.2 Å². The van der Waals surface area contributed by atoms with Gasteiger partial charge in [-0.15, -0.1) is 11.3 Å². The van der Waals surface area contributed by atoms with E-state index in [0.717, 1.165) is 4.88 Å². The zero-order chi connectivity index (χ0) is 13.2. The van der Waals surface area contributed by atoms with Crippen molar-refractivity contribution in [3.63, 3.8) is 0 Å². The van der Waals surface area contributed by atoms with Crippen molar-refractivity contribution >= 4 is 11.3 Å². The monoisotopic (exact) mass is 279 g/mol. The fourth-order valence-corrected chi connectivity index (χ4v) is 3.19. The summed E-state index contributed by atoms with van der Waals surface area (Å²) in [5.41, 5.74) is 1.70. The predicted molar refractivity (Wildman–Crippen MR) is 63.3 cm³/mol. The van der Waals surface area contributed by atoms with E-state index in [2.05, 4.69) is 4.98 Å². The highest BCUT2D eigenvalue weighted by Crippen LogP contribution is 2.40. The number of alkyl halides is 3. The van der Waals surface area contributed by atoms with Crippen molar-refractivity contribution in [2.75, 3.05) is 0 Å². The number of nitrogens with zero attached hydrogens (tertiary/aromatic N) is 1. The van der Waals surface area contributed by atoms with Gasteiger partial charge < -0.3 is 5.11 Å². The molecule has 1 aromatic rings. The fourth-order valence-electron chi connectivity index (χ4n) is 2.55. The Morgan fingerprint density at radius 1 is 1.33 bits per heavy atom. The van der Waals surface area contributed by atoms with Crippen molar-refractivity contribution in [3.05, 3.63) is 16.6 Å². The molecule has 1 N–H and O–H groups in total. The van der Waals surface area contributed by atoms with Gasteiger partial charge >= 0.3 is 6.18 Å². The number of thiazole rings is 1. The lowest BCUT2D eigenvalue weighted by molar-refractivity contribution is -0.185. The summed E-state index contributed by atoms with van der Waals surface area (Å²) in [6, 6.07) is 0. The summed E-state index contributed by atoms with van der Waals surface area (Å²) >= 11 is 1.47. The number of rotatable bonds is 3. The van der Waals surface area contributed by atoms with Crippen LogP contribution in [0.1, 0.15) is 30.6 Å². The molecule has 1 aromatic heterocycles. The number of aliphatic hydroxyl groups is 1. The Labute approximate surface area is 108 Å². The molecular weight excluding hydrogens is 263 g/mol. The molecule has 1 aliphatic rings. The van der Waals surface area contributed by atoms with E-state index in [9.17, 15) is 18.3 Å². The van der Waals surface area contributed by atoms with Gasteiger partial charge in [0.05, 0.1) is 17.5 Å². The Hall–Kier alpha value is -0.620. The SMILES string of the molecule is OC(Cc1cncs1)C1CCC(C(F)(F)F)CC1. The summed E-state index contributed by atoms with van der Waals surface area (Å²) in [7, 11) is 0. The van der Waals surface area contributed by atoms with Gasteiger partial charge in [-0.1, -0.05) is 0 Å². The van der Waals surface area contributed by atoms with Gasteiger partial charge in [-0.3, -0.25) is 4.98 Å². The summed E-state index contributed by atoms with van der Waals surface area (Å²) in [6.07, 6.45) is -1.19. The molecule has 0 saturated heterocycles. The highest BCUT2D eigenvalue weighted by atomic mass is 32.1. The van der Waals surface area contributed by atoms with E-state index in [0.29, 0.717) is 19.3 Å². The smallest absolute Gasteiger partial charge is 0.391 e. The summed E-state index contributed by atoms with van der Waals surface area (Å²) < 4.78 is 37.5. The number of aliphatic hydroxyl groups excluding tert-OH is 1. The molecule has 2 nitrogen and oxygen atoms in total. The average molecular weight is 279 g/mol. The molecule has 0 radical (unpaired) electrons. The molecule has 1 saturated carbocycles. The minimum absolute atomic E-state index is 0.00861. The van der Waals surface area contributed by atoms with E-state index in [1.54, 1.807) is 11.7 Å². The van der Waals surface area contributed by atoms with Crippen molar-refractivity contribution in [1.82, 2.24) is 4.98 Å². The Morgan fingerprint density at radius 2 is 2.00 bits per heavy atom. The maximum Gasteiger partial charge on any atom is 0.391 e. The van der Waals surface area contributed by atoms with Crippen LogP contribution in [0.15, 0.2) is 11.7 Å². The molecule has 1 heterocycles. The molecule has 1 fully saturated rings. The van der Waals surface area contributed by atoms with E-state index in [1.807, 2.05) is 0 Å². The molecule has 0 aromatic carbocycles. The third-order valence-corrected chi connectivity index (χ3v) is 4.47. The predicted octanol–water partition coefficient (Wildman–Crippen LogP) is 3.42. The Bertz CT molecular complexity index is 358. The van der Waals surface area contributed by atoms with Crippen LogP contribution in [0.3, 0.4) is 0 Å². The summed E-state index contributed by atoms with van der Waals surface area (Å²) in [6.45, 7) is 0. The minimum Gasteiger partial charge on any atom is -0.392 e. The number of hydrogen-bond acceptors (Lipinski definition) is 3. The van der Waals surface area contributed by atoms with E-state index in [1.165, 1.54) is 11.3 Å². The first-order valence-electron chi connectivity index (χ1n) is 6.09. The van der Waals surface area contributed by atoms with Crippen LogP contribution in [-0.4, -0.2) is 22.4 Å². The summed E-state index contributed by atoms with van der Waals surface area (Å²) in [5.74, 6) is -1.19. The van der Waals surface area contributed by atoms with Crippen LogP contribution in [-0.2, 0) is 6.42 Å². The first-order valence-corrected chi connectivity index (χ1v) is 6.97. The Balaban J connectivity index is 1.82. The molecule has 6 heteroatoms. The van der Waals surface area contributed by atoms with Gasteiger partial charge in [-0.2, -0.15) is 13.2 Å². The molecule has 0 spiro atoms. The van der Waals surface area contributed by atoms with Gasteiger partial charge in [0.2, 0.25) is 0 Å². The van der Waals surface area contributed by atoms with Crippen LogP contribution in [0.25, 0.3) is 0 Å². The van der Waals surface area contributed by atoms with E-state index >= 15 is 0 Å². The summed E-state index contributed by atoms with van der Waals surface area (Å²) in [5, 5.41) is 10.0. The normalized spacial score (nSPS) is 27.1. The second-order valence-corrected chi connectivity index (χ2v) is 5.86. The molecule has 2 rings (SSSR count). The maximum atomic E-state index is 12.5. The topological polar surface area (TPSA) is 33.1 Å². The average Bonchev–Trinajstić information content (AvgIpc) is 2.81. The van der Waals surface area contributed by atoms with Gasteiger partial charge in [0.15, 0.2) is 0 Å². The highest BCUT2D eigenvalue weighted by Gasteiger charge is 2.42. The lowest BCUT2D eigenvalue weighted by Crippen LogP contribution is -2.32. The largest absolute Gasteiger partial charge is 0.392 e. The molecule has 18 heavy (non-hydrogen) atoms. The van der Waals surface area contributed by atoms with E-state index in [-0.39, 0.29) is 18.8 Å². The number of hydrogen-bond donors (Lipinski definition) is 1. The Kier molecular flexibility index (Phi) is 4.27. The van der Waals surface area contributed by atoms with E-state index in [4.69, 9.17) is 0 Å². The van der Waals surface area contributed by atoms with Crippen molar-refractivity contribution in [2.45, 2.75) is 44.4 Å². The van der Waals surface area contributed by atoms with Crippen LogP contribution in [0.5, 0.6) is 0 Å². The van der Waals surface area contributed by atoms with Crippen molar-refractivity contribution < 1.29 is 18.3 Å². The standard InChI is InChI=1S/C12H16F3NOS/c13-12(14,15)9-3-1-8(2-4-9)11(17)5-10-6-16-7-18-10/h6-9,11,17H,1-5H2. The minimum atomic E-state index is -4.08. The third kappa shape index (κ3) is 3.45. The maximum absolute atomic E-state index is 12.5. The van der Waals surface area contributed by atoms with Gasteiger partial charge in [-0.25, -0.2) is 0 Å². The quantitative estimate of drug-likeness (QED) is 0.919. The molecule has 1 unspecified atom stereocenters. The van der Waals surface area contributed by atoms with Crippen molar-refractivity contribution in [3.8, 4) is 0 Å². The number of aromatic nitrogens is 1. The van der Waals surface area contributed by atoms with Crippen molar-refractivity contribution in [1.29, 1.82) is 0 Å². The van der Waals surface area contributed by atoms with Gasteiger partial charge in [0.1, 0.15) is 0 Å². The molecule has 1 atom stereocenters.